The Morgan fingerprint density at radius 1 is 0.867 bits per heavy atom. The lowest BCUT2D eigenvalue weighted by molar-refractivity contribution is -0.116. The van der Waals surface area contributed by atoms with E-state index in [9.17, 15) is 13.2 Å². The third kappa shape index (κ3) is 7.56. The predicted molar refractivity (Wildman–Crippen MR) is 178 cm³/mol. The van der Waals surface area contributed by atoms with Gasteiger partial charge in [-0.25, -0.2) is 18.4 Å². The second-order valence-corrected chi connectivity index (χ2v) is 12.4. The van der Waals surface area contributed by atoms with E-state index in [1.807, 2.05) is 36.6 Å². The van der Waals surface area contributed by atoms with E-state index in [-0.39, 0.29) is 23.1 Å². The van der Waals surface area contributed by atoms with Gasteiger partial charge in [0.2, 0.25) is 5.91 Å². The molecule has 0 atom stereocenters. The molecule has 5 rings (SSSR count). The van der Waals surface area contributed by atoms with E-state index in [1.165, 1.54) is 26.4 Å². The number of sulfonamides is 1. The molecule has 4 N–H and O–H groups in total. The standard InChI is InChI=1S/C32H32N6O5S2/c1-42-24-15-22(16-25(18-24)43-2)34-31-32(36-28-13-6-5-12-27(28)35-31)37-45(40,41)26-11-8-10-23(17-26)38(20-30(33)39)19-21-9-4-7-14-29(21)44-3/h4-18H,19-20H2,1-3H3,(H2,33,39)(H,34,35)(H,36,37). The third-order valence-corrected chi connectivity index (χ3v) is 8.98. The van der Waals surface area contributed by atoms with E-state index in [0.717, 1.165) is 10.5 Å². The summed E-state index contributed by atoms with van der Waals surface area (Å²) in [6, 6.07) is 26.4. The number of hydrogen-bond acceptors (Lipinski definition) is 10. The first-order valence-corrected chi connectivity index (χ1v) is 16.4. The molecular formula is C32H32N6O5S2. The average molecular weight is 645 g/mol. The lowest BCUT2D eigenvalue weighted by Crippen LogP contribution is -2.33. The van der Waals surface area contributed by atoms with Crippen LogP contribution in [0.4, 0.5) is 23.0 Å². The minimum absolute atomic E-state index is 0.0104. The maximum absolute atomic E-state index is 13.8. The smallest absolute Gasteiger partial charge is 0.263 e. The predicted octanol–water partition coefficient (Wildman–Crippen LogP) is 5.41. The first-order chi connectivity index (χ1) is 21.7. The van der Waals surface area contributed by atoms with Gasteiger partial charge in [0.15, 0.2) is 11.6 Å². The number of para-hydroxylation sites is 2. The molecule has 0 saturated heterocycles. The summed E-state index contributed by atoms with van der Waals surface area (Å²) in [5.41, 5.74) is 8.69. The first kappa shape index (κ1) is 31.4. The van der Waals surface area contributed by atoms with E-state index >= 15 is 0 Å². The summed E-state index contributed by atoms with van der Waals surface area (Å²) in [5.74, 6) is 0.686. The van der Waals surface area contributed by atoms with Crippen LogP contribution in [-0.4, -0.2) is 51.3 Å². The zero-order chi connectivity index (χ0) is 32.0. The van der Waals surface area contributed by atoms with Crippen LogP contribution in [0.5, 0.6) is 11.5 Å². The summed E-state index contributed by atoms with van der Waals surface area (Å²) in [6.07, 6.45) is 1.97. The van der Waals surface area contributed by atoms with E-state index in [2.05, 4.69) is 20.0 Å². The number of fused-ring (bicyclic) bond motifs is 1. The highest BCUT2D eigenvalue weighted by molar-refractivity contribution is 7.98. The molecule has 1 aromatic heterocycles. The molecule has 0 fully saturated rings. The minimum atomic E-state index is -4.18. The molecular weight excluding hydrogens is 613 g/mol. The van der Waals surface area contributed by atoms with Gasteiger partial charge in [0.25, 0.3) is 10.0 Å². The number of hydrogen-bond donors (Lipinski definition) is 3. The fraction of sp³-hybridized carbons (Fsp3) is 0.156. The molecule has 0 bridgehead atoms. The van der Waals surface area contributed by atoms with Crippen LogP contribution in [0.25, 0.3) is 11.0 Å². The summed E-state index contributed by atoms with van der Waals surface area (Å²) in [5, 5.41) is 3.16. The monoisotopic (exact) mass is 644 g/mol. The number of amides is 1. The third-order valence-electron chi connectivity index (χ3n) is 6.81. The number of primary amides is 1. The normalized spacial score (nSPS) is 11.2. The lowest BCUT2D eigenvalue weighted by atomic mass is 10.2. The van der Waals surface area contributed by atoms with Crippen LogP contribution in [0.15, 0.2) is 101 Å². The summed E-state index contributed by atoms with van der Waals surface area (Å²) in [7, 11) is -1.11. The summed E-state index contributed by atoms with van der Waals surface area (Å²) >= 11 is 1.59. The Kier molecular flexibility index (Phi) is 9.59. The molecule has 4 aromatic carbocycles. The maximum atomic E-state index is 13.8. The molecule has 5 aromatic rings. The van der Waals surface area contributed by atoms with Crippen molar-refractivity contribution in [3.63, 3.8) is 0 Å². The Hall–Kier alpha value is -5.01. The number of thioether (sulfide) groups is 1. The summed E-state index contributed by atoms with van der Waals surface area (Å²) < 4.78 is 41.0. The molecule has 0 radical (unpaired) electrons. The Labute approximate surface area is 265 Å². The van der Waals surface area contributed by atoms with Gasteiger partial charge in [-0.3, -0.25) is 9.52 Å². The van der Waals surface area contributed by atoms with Crippen molar-refractivity contribution in [3.05, 3.63) is 96.6 Å². The zero-order valence-corrected chi connectivity index (χ0v) is 26.5. The molecule has 232 valence electrons. The molecule has 1 amide bonds. The average Bonchev–Trinajstić information content (AvgIpc) is 3.04. The van der Waals surface area contributed by atoms with Gasteiger partial charge in [0, 0.05) is 41.0 Å². The first-order valence-electron chi connectivity index (χ1n) is 13.7. The molecule has 11 nitrogen and oxygen atoms in total. The minimum Gasteiger partial charge on any atom is -0.497 e. The van der Waals surface area contributed by atoms with Crippen LogP contribution >= 0.6 is 11.8 Å². The second-order valence-electron chi connectivity index (χ2n) is 9.87. The number of nitrogens with two attached hydrogens (primary N) is 1. The number of anilines is 4. The summed E-state index contributed by atoms with van der Waals surface area (Å²) in [6.45, 7) is 0.249. The summed E-state index contributed by atoms with van der Waals surface area (Å²) in [4.78, 5) is 24.0. The van der Waals surface area contributed by atoms with Crippen LogP contribution in [0.2, 0.25) is 0 Å². The Balaban J connectivity index is 1.51. The zero-order valence-electron chi connectivity index (χ0n) is 24.9. The van der Waals surface area contributed by atoms with Crippen LogP contribution < -0.4 is 30.1 Å². The van der Waals surface area contributed by atoms with Crippen LogP contribution in [-0.2, 0) is 21.4 Å². The van der Waals surface area contributed by atoms with Gasteiger partial charge in [-0.1, -0.05) is 36.4 Å². The molecule has 45 heavy (non-hydrogen) atoms. The van der Waals surface area contributed by atoms with Crippen molar-refractivity contribution in [1.29, 1.82) is 0 Å². The fourth-order valence-electron chi connectivity index (χ4n) is 4.67. The van der Waals surface area contributed by atoms with Gasteiger partial charge in [-0.05, 0) is 48.2 Å². The van der Waals surface area contributed by atoms with Crippen molar-refractivity contribution >= 4 is 61.7 Å². The Morgan fingerprint density at radius 3 is 2.16 bits per heavy atom. The van der Waals surface area contributed by atoms with Crippen molar-refractivity contribution in [1.82, 2.24) is 9.97 Å². The van der Waals surface area contributed by atoms with Gasteiger partial charge in [-0.2, -0.15) is 0 Å². The van der Waals surface area contributed by atoms with Crippen molar-refractivity contribution in [3.8, 4) is 11.5 Å². The highest BCUT2D eigenvalue weighted by Crippen LogP contribution is 2.32. The SMILES string of the molecule is COc1cc(Nc2nc3ccccc3nc2NS(=O)(=O)c2cccc(N(CC(N)=O)Cc3ccccc3SC)c2)cc(OC)c1. The number of nitrogens with one attached hydrogen (secondary N) is 2. The largest absolute Gasteiger partial charge is 0.497 e. The van der Waals surface area contributed by atoms with E-state index < -0.39 is 15.9 Å². The molecule has 0 aliphatic carbocycles. The number of nitrogens with zero attached hydrogens (tertiary/aromatic N) is 3. The molecule has 0 spiro atoms. The highest BCUT2D eigenvalue weighted by Gasteiger charge is 2.22. The van der Waals surface area contributed by atoms with Crippen LogP contribution in [0.1, 0.15) is 5.56 Å². The Bertz CT molecular complexity index is 1930. The van der Waals surface area contributed by atoms with Crippen molar-refractivity contribution in [2.45, 2.75) is 16.3 Å². The van der Waals surface area contributed by atoms with Crippen LogP contribution in [0.3, 0.4) is 0 Å². The van der Waals surface area contributed by atoms with Gasteiger partial charge in [-0.15, -0.1) is 11.8 Å². The van der Waals surface area contributed by atoms with E-state index in [1.54, 1.807) is 65.2 Å². The van der Waals surface area contributed by atoms with Crippen LogP contribution in [0, 0.1) is 0 Å². The maximum Gasteiger partial charge on any atom is 0.263 e. The molecule has 0 aliphatic heterocycles. The van der Waals surface area contributed by atoms with E-state index in [4.69, 9.17) is 15.2 Å². The van der Waals surface area contributed by atoms with Gasteiger partial charge in [0.05, 0.1) is 36.7 Å². The van der Waals surface area contributed by atoms with Gasteiger partial charge >= 0.3 is 0 Å². The fourth-order valence-corrected chi connectivity index (χ4v) is 6.33. The van der Waals surface area contributed by atoms with Crippen molar-refractivity contribution < 1.29 is 22.7 Å². The molecule has 0 unspecified atom stereocenters. The highest BCUT2D eigenvalue weighted by atomic mass is 32.2. The molecule has 13 heteroatoms. The number of rotatable bonds is 13. The van der Waals surface area contributed by atoms with Gasteiger partial charge < -0.3 is 25.4 Å². The van der Waals surface area contributed by atoms with Crippen molar-refractivity contribution in [2.24, 2.45) is 5.73 Å². The number of methoxy groups -OCH3 is 2. The number of aromatic nitrogens is 2. The number of carbonyl (C=O) groups is 1. The van der Waals surface area contributed by atoms with Gasteiger partial charge in [0.1, 0.15) is 11.5 Å². The number of benzene rings is 4. The number of ether oxygens (including phenoxy) is 2. The Morgan fingerprint density at radius 2 is 1.51 bits per heavy atom. The molecule has 0 saturated carbocycles. The lowest BCUT2D eigenvalue weighted by Gasteiger charge is -2.25. The van der Waals surface area contributed by atoms with Crippen molar-refractivity contribution in [2.75, 3.05) is 42.0 Å². The topological polar surface area (TPSA) is 149 Å². The van der Waals surface area contributed by atoms with E-state index in [0.29, 0.717) is 40.5 Å². The number of carbonyl (C=O) groups excluding carboxylic acids is 1. The second kappa shape index (κ2) is 13.7. The quantitative estimate of drug-likeness (QED) is 0.142. The molecule has 0 aliphatic rings. The molecule has 1 heterocycles.